The van der Waals surface area contributed by atoms with Crippen LogP contribution in [0, 0.1) is 0 Å². The van der Waals surface area contributed by atoms with Gasteiger partial charge >= 0.3 is 0 Å². The lowest BCUT2D eigenvalue weighted by Crippen LogP contribution is -2.11. The van der Waals surface area contributed by atoms with Gasteiger partial charge in [0.1, 0.15) is 0 Å². The number of hydrogen-bond donors (Lipinski definition) is 2. The molecule has 0 spiro atoms. The molecule has 27 heavy (non-hydrogen) atoms. The monoisotopic (exact) mass is 366 g/mol. The van der Waals surface area contributed by atoms with Gasteiger partial charge in [-0.2, -0.15) is 0 Å². The predicted octanol–water partition coefficient (Wildman–Crippen LogP) is 5.53. The fraction of sp³-hybridized carbons (Fsp3) is 0.391. The molecule has 0 unspecified atom stereocenters. The molecule has 0 bridgehead atoms. The number of rotatable bonds is 10. The Morgan fingerprint density at radius 2 is 1.04 bits per heavy atom. The molecule has 0 aromatic heterocycles. The van der Waals surface area contributed by atoms with Crippen LogP contribution in [0.2, 0.25) is 0 Å². The van der Waals surface area contributed by atoms with Crippen molar-refractivity contribution in [2.75, 3.05) is 10.6 Å². The number of nitrogens with one attached hydrogen (secondary N) is 2. The van der Waals surface area contributed by atoms with E-state index in [1.807, 2.05) is 48.5 Å². The first-order valence-electron chi connectivity index (χ1n) is 9.88. The molecule has 0 aliphatic rings. The van der Waals surface area contributed by atoms with E-state index in [-0.39, 0.29) is 11.8 Å². The second kappa shape index (κ2) is 11.2. The maximum absolute atomic E-state index is 11.8. The van der Waals surface area contributed by atoms with Crippen LogP contribution >= 0.6 is 0 Å². The molecule has 0 saturated carbocycles. The van der Waals surface area contributed by atoms with Gasteiger partial charge in [-0.1, -0.05) is 51.0 Å². The quantitative estimate of drug-likeness (QED) is 0.580. The normalized spacial score (nSPS) is 10.4. The Hall–Kier alpha value is -2.62. The van der Waals surface area contributed by atoms with E-state index in [1.165, 1.54) is 11.1 Å². The molecule has 2 rings (SSSR count). The standard InChI is InChI=1S/C23H30N2O2/c1-3-5-7-22(26)24-20-13-9-18(10-14-20)17-19-11-15-21(16-12-19)25-23(27)8-6-4-2/h9-16H,3-8,17H2,1-2H3,(H,24,26)(H,25,27). The van der Waals surface area contributed by atoms with Gasteiger partial charge < -0.3 is 10.6 Å². The average molecular weight is 367 g/mol. The van der Waals surface area contributed by atoms with Crippen molar-refractivity contribution < 1.29 is 9.59 Å². The Morgan fingerprint density at radius 1 is 0.667 bits per heavy atom. The first-order chi connectivity index (χ1) is 13.1. The van der Waals surface area contributed by atoms with Crippen LogP contribution in [-0.4, -0.2) is 11.8 Å². The second-order valence-corrected chi connectivity index (χ2v) is 6.87. The van der Waals surface area contributed by atoms with Gasteiger partial charge in [0.15, 0.2) is 0 Å². The zero-order chi connectivity index (χ0) is 19.5. The number of unbranched alkanes of at least 4 members (excludes halogenated alkanes) is 2. The van der Waals surface area contributed by atoms with Gasteiger partial charge in [0.2, 0.25) is 11.8 Å². The summed E-state index contributed by atoms with van der Waals surface area (Å²) in [5.41, 5.74) is 4.04. The highest BCUT2D eigenvalue weighted by Crippen LogP contribution is 2.16. The minimum absolute atomic E-state index is 0.0705. The van der Waals surface area contributed by atoms with Crippen molar-refractivity contribution in [2.45, 2.75) is 58.8 Å². The minimum atomic E-state index is 0.0705. The second-order valence-electron chi connectivity index (χ2n) is 6.87. The lowest BCUT2D eigenvalue weighted by molar-refractivity contribution is -0.117. The van der Waals surface area contributed by atoms with Crippen LogP contribution in [0.3, 0.4) is 0 Å². The Morgan fingerprint density at radius 3 is 1.37 bits per heavy atom. The number of amides is 2. The summed E-state index contributed by atoms with van der Waals surface area (Å²) in [5, 5.41) is 5.86. The Kier molecular flexibility index (Phi) is 8.56. The molecule has 0 aliphatic heterocycles. The number of carbonyl (C=O) groups excluding carboxylic acids is 2. The van der Waals surface area contributed by atoms with Crippen molar-refractivity contribution in [2.24, 2.45) is 0 Å². The molecule has 0 saturated heterocycles. The summed E-state index contributed by atoms with van der Waals surface area (Å²) in [7, 11) is 0. The van der Waals surface area contributed by atoms with Crippen molar-refractivity contribution in [1.29, 1.82) is 0 Å². The molecule has 144 valence electrons. The van der Waals surface area contributed by atoms with Gasteiger partial charge in [0.25, 0.3) is 0 Å². The van der Waals surface area contributed by atoms with Crippen LogP contribution < -0.4 is 10.6 Å². The van der Waals surface area contributed by atoms with E-state index in [0.29, 0.717) is 12.8 Å². The first-order valence-corrected chi connectivity index (χ1v) is 9.88. The summed E-state index contributed by atoms with van der Waals surface area (Å²) in [6, 6.07) is 15.9. The fourth-order valence-corrected chi connectivity index (χ4v) is 2.77. The molecular weight excluding hydrogens is 336 g/mol. The zero-order valence-electron chi connectivity index (χ0n) is 16.4. The van der Waals surface area contributed by atoms with Crippen molar-refractivity contribution in [3.8, 4) is 0 Å². The Labute approximate surface area is 162 Å². The summed E-state index contributed by atoms with van der Waals surface area (Å²) >= 11 is 0. The summed E-state index contributed by atoms with van der Waals surface area (Å²) in [6.45, 7) is 4.16. The largest absolute Gasteiger partial charge is 0.326 e. The molecule has 0 atom stereocenters. The molecule has 0 aliphatic carbocycles. The molecule has 0 radical (unpaired) electrons. The van der Waals surface area contributed by atoms with Crippen LogP contribution in [-0.2, 0) is 16.0 Å². The van der Waals surface area contributed by atoms with Crippen molar-refractivity contribution in [1.82, 2.24) is 0 Å². The molecule has 4 heteroatoms. The third-order valence-corrected chi connectivity index (χ3v) is 4.40. The fourth-order valence-electron chi connectivity index (χ4n) is 2.77. The van der Waals surface area contributed by atoms with E-state index in [4.69, 9.17) is 0 Å². The highest BCUT2D eigenvalue weighted by atomic mass is 16.2. The van der Waals surface area contributed by atoms with Gasteiger partial charge in [0.05, 0.1) is 0 Å². The summed E-state index contributed by atoms with van der Waals surface area (Å²) in [6.07, 6.45) is 5.83. The molecule has 2 aromatic rings. The summed E-state index contributed by atoms with van der Waals surface area (Å²) < 4.78 is 0. The minimum Gasteiger partial charge on any atom is -0.326 e. The predicted molar refractivity (Wildman–Crippen MR) is 112 cm³/mol. The Balaban J connectivity index is 1.86. The maximum Gasteiger partial charge on any atom is 0.224 e. The zero-order valence-corrected chi connectivity index (χ0v) is 16.4. The van der Waals surface area contributed by atoms with Crippen LogP contribution in [0.4, 0.5) is 11.4 Å². The van der Waals surface area contributed by atoms with Gasteiger partial charge in [-0.05, 0) is 54.7 Å². The number of anilines is 2. The van der Waals surface area contributed by atoms with Gasteiger partial charge in [0, 0.05) is 24.2 Å². The van der Waals surface area contributed by atoms with E-state index >= 15 is 0 Å². The highest BCUT2D eigenvalue weighted by Gasteiger charge is 2.04. The van der Waals surface area contributed by atoms with Gasteiger partial charge in [-0.15, -0.1) is 0 Å². The van der Waals surface area contributed by atoms with Crippen molar-refractivity contribution >= 4 is 23.2 Å². The lowest BCUT2D eigenvalue weighted by atomic mass is 10.0. The molecule has 2 aromatic carbocycles. The van der Waals surface area contributed by atoms with Crippen molar-refractivity contribution in [3.05, 3.63) is 59.7 Å². The van der Waals surface area contributed by atoms with Crippen LogP contribution in [0.1, 0.15) is 63.5 Å². The molecule has 2 N–H and O–H groups in total. The van der Waals surface area contributed by atoms with Crippen LogP contribution in [0.5, 0.6) is 0 Å². The smallest absolute Gasteiger partial charge is 0.224 e. The number of benzene rings is 2. The topological polar surface area (TPSA) is 58.2 Å². The SMILES string of the molecule is CCCCC(=O)Nc1ccc(Cc2ccc(NC(=O)CCCC)cc2)cc1. The van der Waals surface area contributed by atoms with Crippen LogP contribution in [0.15, 0.2) is 48.5 Å². The van der Waals surface area contributed by atoms with E-state index in [1.54, 1.807) is 0 Å². The van der Waals surface area contributed by atoms with E-state index in [0.717, 1.165) is 43.5 Å². The Bertz CT molecular complexity index is 658. The number of carbonyl (C=O) groups is 2. The third kappa shape index (κ3) is 7.65. The molecule has 0 heterocycles. The lowest BCUT2D eigenvalue weighted by Gasteiger charge is -2.08. The number of hydrogen-bond acceptors (Lipinski definition) is 2. The molecular formula is C23H30N2O2. The van der Waals surface area contributed by atoms with E-state index in [9.17, 15) is 9.59 Å². The third-order valence-electron chi connectivity index (χ3n) is 4.40. The van der Waals surface area contributed by atoms with Crippen molar-refractivity contribution in [3.63, 3.8) is 0 Å². The van der Waals surface area contributed by atoms with Gasteiger partial charge in [-0.25, -0.2) is 0 Å². The first kappa shape index (κ1) is 20.7. The average Bonchev–Trinajstić information content (AvgIpc) is 2.68. The summed E-state index contributed by atoms with van der Waals surface area (Å²) in [4.78, 5) is 23.5. The van der Waals surface area contributed by atoms with Crippen LogP contribution in [0.25, 0.3) is 0 Å². The summed E-state index contributed by atoms with van der Waals surface area (Å²) in [5.74, 6) is 0.141. The highest BCUT2D eigenvalue weighted by molar-refractivity contribution is 5.91. The van der Waals surface area contributed by atoms with E-state index in [2.05, 4.69) is 24.5 Å². The van der Waals surface area contributed by atoms with E-state index < -0.39 is 0 Å². The van der Waals surface area contributed by atoms with Gasteiger partial charge in [-0.3, -0.25) is 9.59 Å². The molecule has 4 nitrogen and oxygen atoms in total. The maximum atomic E-state index is 11.8. The molecule has 0 fully saturated rings. The molecule has 2 amide bonds.